The number of hydrogen-bond acceptors (Lipinski definition) is 5. The highest BCUT2D eigenvalue weighted by molar-refractivity contribution is 5.88. The maximum absolute atomic E-state index is 13.7. The predicted molar refractivity (Wildman–Crippen MR) is 141 cm³/mol. The van der Waals surface area contributed by atoms with E-state index in [0.717, 1.165) is 35.2 Å². The molecule has 3 N–H and O–H groups in total. The molecular formula is C29H36N4O4. The third-order valence-electron chi connectivity index (χ3n) is 6.90. The molecule has 4 rings (SSSR count). The van der Waals surface area contributed by atoms with E-state index in [9.17, 15) is 14.7 Å². The zero-order valence-corrected chi connectivity index (χ0v) is 21.6. The molecule has 8 nitrogen and oxygen atoms in total. The minimum atomic E-state index is -0.718. The first-order valence-corrected chi connectivity index (χ1v) is 12.9. The monoisotopic (exact) mass is 504 g/mol. The molecule has 0 bridgehead atoms. The quantitative estimate of drug-likeness (QED) is 0.327. The number of unbranched alkanes of at least 4 members (excludes halogenated alkanes) is 1. The van der Waals surface area contributed by atoms with E-state index in [2.05, 4.69) is 41.3 Å². The number of aromatic nitrogens is 2. The van der Waals surface area contributed by atoms with Crippen molar-refractivity contribution in [3.63, 3.8) is 0 Å². The Kier molecular flexibility index (Phi) is 8.61. The van der Waals surface area contributed by atoms with Crippen LogP contribution in [-0.2, 0) is 32.8 Å². The Balaban J connectivity index is 1.48. The maximum atomic E-state index is 13.7. The lowest BCUT2D eigenvalue weighted by molar-refractivity contribution is -0.175. The van der Waals surface area contributed by atoms with Gasteiger partial charge in [0.05, 0.1) is 19.4 Å². The lowest BCUT2D eigenvalue weighted by Gasteiger charge is -2.51. The number of carbonyl (C=O) groups is 2. The summed E-state index contributed by atoms with van der Waals surface area (Å²) < 4.78 is 6.41. The fourth-order valence-corrected chi connectivity index (χ4v) is 4.79. The van der Waals surface area contributed by atoms with Gasteiger partial charge in [0.1, 0.15) is 17.4 Å². The molecule has 3 aromatic rings. The van der Waals surface area contributed by atoms with Gasteiger partial charge in [0, 0.05) is 31.3 Å². The number of aryl methyl sites for hydroxylation is 2. The number of nitrogens with one attached hydrogen (secondary N) is 2. The first-order valence-electron chi connectivity index (χ1n) is 12.9. The summed E-state index contributed by atoms with van der Waals surface area (Å²) >= 11 is 0. The molecule has 1 aliphatic rings. The number of benzene rings is 2. The summed E-state index contributed by atoms with van der Waals surface area (Å²) in [6, 6.07) is 14.2. The second kappa shape index (κ2) is 12.1. The van der Waals surface area contributed by atoms with Crippen LogP contribution in [0.5, 0.6) is 5.75 Å². The van der Waals surface area contributed by atoms with E-state index in [1.807, 2.05) is 12.1 Å². The third kappa shape index (κ3) is 6.57. The number of phenolic OH excluding ortho intramolecular Hbond substituents is 1. The normalized spacial score (nSPS) is 15.1. The molecule has 196 valence electrons. The topological polar surface area (TPSA) is 108 Å². The summed E-state index contributed by atoms with van der Waals surface area (Å²) in [4.78, 5) is 35.3. The van der Waals surface area contributed by atoms with Crippen LogP contribution in [0.4, 0.5) is 0 Å². The summed E-state index contributed by atoms with van der Waals surface area (Å²) in [5, 5.41) is 12.6. The number of likely N-dealkylation sites (tertiary alicyclic amines) is 1. The van der Waals surface area contributed by atoms with E-state index in [1.165, 1.54) is 0 Å². The minimum Gasteiger partial charge on any atom is -0.508 e. The highest BCUT2D eigenvalue weighted by Gasteiger charge is 2.49. The number of ether oxygens (including phenoxy) is 1. The van der Waals surface area contributed by atoms with Gasteiger partial charge in [-0.05, 0) is 48.6 Å². The number of rotatable bonds is 12. The smallest absolute Gasteiger partial charge is 0.245 e. The number of imidazole rings is 1. The van der Waals surface area contributed by atoms with Crippen LogP contribution in [0, 0.1) is 6.92 Å². The lowest BCUT2D eigenvalue weighted by Crippen LogP contribution is -2.66. The van der Waals surface area contributed by atoms with Crippen LogP contribution < -0.4 is 5.32 Å². The molecule has 0 spiro atoms. The standard InChI is InChI=1S/C29H36N4O4/c1-3-4-15-37-29(25-8-6-5-7-21(25)2)18-33(19-29)28(36)26(16-22-9-12-24(34)13-10-22)32-27(35)14-11-23-17-30-20-31-23/h5-10,12-13,17,20,26,34H,3-4,11,14-16,18-19H2,1-2H3,(H,30,31)(H,32,35)/t26-/m1/s1. The molecule has 1 fully saturated rings. The van der Waals surface area contributed by atoms with Crippen LogP contribution in [-0.4, -0.2) is 57.5 Å². The van der Waals surface area contributed by atoms with E-state index >= 15 is 0 Å². The Bertz CT molecular complexity index is 1170. The van der Waals surface area contributed by atoms with Crippen LogP contribution >= 0.6 is 0 Å². The SMILES string of the molecule is CCCCOC1(c2ccccc2C)CN(C(=O)[C@@H](Cc2ccc(O)cc2)NC(=O)CCc2cnc[nH]2)C1. The number of H-pyrrole nitrogens is 1. The van der Waals surface area contributed by atoms with Gasteiger partial charge in [-0.3, -0.25) is 9.59 Å². The fourth-order valence-electron chi connectivity index (χ4n) is 4.79. The first-order chi connectivity index (χ1) is 17.9. The predicted octanol–water partition coefficient (Wildman–Crippen LogP) is 3.64. The van der Waals surface area contributed by atoms with Gasteiger partial charge in [-0.1, -0.05) is 49.7 Å². The van der Waals surface area contributed by atoms with Crippen molar-refractivity contribution < 1.29 is 19.4 Å². The third-order valence-corrected chi connectivity index (χ3v) is 6.90. The molecule has 1 saturated heterocycles. The molecule has 0 unspecified atom stereocenters. The number of phenols is 1. The van der Waals surface area contributed by atoms with Crippen LogP contribution in [0.3, 0.4) is 0 Å². The molecule has 2 amide bonds. The molecule has 0 aliphatic carbocycles. The summed E-state index contributed by atoms with van der Waals surface area (Å²) in [7, 11) is 0. The maximum Gasteiger partial charge on any atom is 0.245 e. The average molecular weight is 505 g/mol. The van der Waals surface area contributed by atoms with Gasteiger partial charge < -0.3 is 25.0 Å². The summed E-state index contributed by atoms with van der Waals surface area (Å²) in [6.07, 6.45) is 6.35. The van der Waals surface area contributed by atoms with Gasteiger partial charge in [-0.25, -0.2) is 4.98 Å². The van der Waals surface area contributed by atoms with Crippen molar-refractivity contribution in [2.45, 2.75) is 57.6 Å². The molecule has 0 radical (unpaired) electrons. The number of aromatic amines is 1. The molecule has 2 aromatic carbocycles. The molecule has 0 saturated carbocycles. The van der Waals surface area contributed by atoms with Crippen LogP contribution in [0.1, 0.15) is 48.6 Å². The summed E-state index contributed by atoms with van der Waals surface area (Å²) in [5.74, 6) is -0.173. The summed E-state index contributed by atoms with van der Waals surface area (Å²) in [6.45, 7) is 5.71. The number of hydrogen-bond donors (Lipinski definition) is 3. The molecule has 1 aliphatic heterocycles. The number of amides is 2. The van der Waals surface area contributed by atoms with Gasteiger partial charge in [0.2, 0.25) is 11.8 Å². The Morgan fingerprint density at radius 2 is 1.95 bits per heavy atom. The van der Waals surface area contributed by atoms with Gasteiger partial charge in [0.15, 0.2) is 0 Å². The Morgan fingerprint density at radius 1 is 1.19 bits per heavy atom. The first kappa shape index (κ1) is 26.4. The van der Waals surface area contributed by atoms with Crippen molar-refractivity contribution in [1.82, 2.24) is 20.2 Å². The van der Waals surface area contributed by atoms with Crippen molar-refractivity contribution >= 4 is 11.8 Å². The van der Waals surface area contributed by atoms with Crippen molar-refractivity contribution in [1.29, 1.82) is 0 Å². The number of nitrogens with zero attached hydrogens (tertiary/aromatic N) is 2. The van der Waals surface area contributed by atoms with Crippen molar-refractivity contribution in [2.75, 3.05) is 19.7 Å². The summed E-state index contributed by atoms with van der Waals surface area (Å²) in [5.41, 5.74) is 3.43. The van der Waals surface area contributed by atoms with E-state index < -0.39 is 11.6 Å². The van der Waals surface area contributed by atoms with Crippen LogP contribution in [0.2, 0.25) is 0 Å². The zero-order chi connectivity index (χ0) is 26.3. The Labute approximate surface area is 218 Å². The Hall–Kier alpha value is -3.65. The van der Waals surface area contributed by atoms with Gasteiger partial charge in [-0.15, -0.1) is 0 Å². The van der Waals surface area contributed by atoms with Gasteiger partial charge in [-0.2, -0.15) is 0 Å². The molecule has 1 atom stereocenters. The lowest BCUT2D eigenvalue weighted by atomic mass is 9.82. The minimum absolute atomic E-state index is 0.133. The van der Waals surface area contributed by atoms with E-state index in [0.29, 0.717) is 32.5 Å². The van der Waals surface area contributed by atoms with Crippen molar-refractivity contribution in [3.05, 3.63) is 83.4 Å². The van der Waals surface area contributed by atoms with Crippen LogP contribution in [0.25, 0.3) is 0 Å². The number of aromatic hydroxyl groups is 1. The largest absolute Gasteiger partial charge is 0.508 e. The molecule has 1 aromatic heterocycles. The van der Waals surface area contributed by atoms with Gasteiger partial charge in [0.25, 0.3) is 0 Å². The number of carbonyl (C=O) groups excluding carboxylic acids is 2. The van der Waals surface area contributed by atoms with Crippen LogP contribution in [0.15, 0.2) is 61.1 Å². The zero-order valence-electron chi connectivity index (χ0n) is 21.6. The van der Waals surface area contributed by atoms with Gasteiger partial charge >= 0.3 is 0 Å². The van der Waals surface area contributed by atoms with E-state index in [1.54, 1.807) is 41.7 Å². The second-order valence-electron chi connectivity index (χ2n) is 9.77. The van der Waals surface area contributed by atoms with E-state index in [-0.39, 0.29) is 24.0 Å². The highest BCUT2D eigenvalue weighted by atomic mass is 16.5. The average Bonchev–Trinajstić information content (AvgIpc) is 3.39. The van der Waals surface area contributed by atoms with Crippen molar-refractivity contribution in [3.8, 4) is 5.75 Å². The molecule has 2 heterocycles. The van der Waals surface area contributed by atoms with Crippen molar-refractivity contribution in [2.24, 2.45) is 0 Å². The highest BCUT2D eigenvalue weighted by Crippen LogP contribution is 2.38. The Morgan fingerprint density at radius 3 is 2.62 bits per heavy atom. The molecule has 8 heteroatoms. The fraction of sp³-hybridized carbons (Fsp3) is 0.414. The molecular weight excluding hydrogens is 468 g/mol. The van der Waals surface area contributed by atoms with E-state index in [4.69, 9.17) is 4.74 Å². The molecule has 37 heavy (non-hydrogen) atoms. The second-order valence-corrected chi connectivity index (χ2v) is 9.77.